The van der Waals surface area contributed by atoms with Gasteiger partial charge in [-0.05, 0) is 24.8 Å². The van der Waals surface area contributed by atoms with Crippen LogP contribution in [0.25, 0.3) is 0 Å². The molecule has 1 rings (SSSR count). The van der Waals surface area contributed by atoms with Crippen LogP contribution in [0.2, 0.25) is 0 Å². The molecule has 0 saturated carbocycles. The van der Waals surface area contributed by atoms with Gasteiger partial charge in [0, 0.05) is 19.7 Å². The summed E-state index contributed by atoms with van der Waals surface area (Å²) < 4.78 is 5.06. The largest absolute Gasteiger partial charge is 0.395 e. The number of nitrogens with zero attached hydrogens (tertiary/aromatic N) is 1. The van der Waals surface area contributed by atoms with Crippen molar-refractivity contribution in [3.05, 3.63) is 0 Å². The van der Waals surface area contributed by atoms with Gasteiger partial charge in [0.2, 0.25) is 0 Å². The SMILES string of the molecule is COCC(N)C(CO)N1CCC(C(C)C)C1. The van der Waals surface area contributed by atoms with Crippen molar-refractivity contribution >= 4 is 0 Å². The zero-order chi connectivity index (χ0) is 12.1. The highest BCUT2D eigenvalue weighted by atomic mass is 16.5. The Morgan fingerprint density at radius 1 is 1.50 bits per heavy atom. The summed E-state index contributed by atoms with van der Waals surface area (Å²) in [5.41, 5.74) is 6.01. The minimum Gasteiger partial charge on any atom is -0.395 e. The highest BCUT2D eigenvalue weighted by Gasteiger charge is 2.32. The first-order valence-electron chi connectivity index (χ1n) is 6.19. The number of aliphatic hydroxyl groups is 1. The highest BCUT2D eigenvalue weighted by Crippen LogP contribution is 2.25. The van der Waals surface area contributed by atoms with Gasteiger partial charge in [0.25, 0.3) is 0 Å². The topological polar surface area (TPSA) is 58.7 Å². The fourth-order valence-electron chi connectivity index (χ4n) is 2.49. The van der Waals surface area contributed by atoms with Crippen LogP contribution < -0.4 is 5.73 Å². The van der Waals surface area contributed by atoms with Crippen LogP contribution >= 0.6 is 0 Å². The maximum absolute atomic E-state index is 9.43. The molecule has 4 heteroatoms. The molecule has 96 valence electrons. The van der Waals surface area contributed by atoms with Gasteiger partial charge >= 0.3 is 0 Å². The molecule has 16 heavy (non-hydrogen) atoms. The lowest BCUT2D eigenvalue weighted by molar-refractivity contribution is 0.0810. The van der Waals surface area contributed by atoms with E-state index in [9.17, 15) is 5.11 Å². The first-order valence-corrected chi connectivity index (χ1v) is 6.19. The summed E-state index contributed by atoms with van der Waals surface area (Å²) in [4.78, 5) is 2.31. The van der Waals surface area contributed by atoms with Gasteiger partial charge in [-0.3, -0.25) is 4.90 Å². The molecular formula is C12H26N2O2. The average Bonchev–Trinajstić information content (AvgIpc) is 2.68. The van der Waals surface area contributed by atoms with Crippen LogP contribution in [0.1, 0.15) is 20.3 Å². The van der Waals surface area contributed by atoms with Gasteiger partial charge in [0.15, 0.2) is 0 Å². The zero-order valence-corrected chi connectivity index (χ0v) is 10.7. The predicted octanol–water partition coefficient (Wildman–Crippen LogP) is 0.299. The van der Waals surface area contributed by atoms with Crippen molar-refractivity contribution in [2.75, 3.05) is 33.4 Å². The normalized spacial score (nSPS) is 26.2. The van der Waals surface area contributed by atoms with E-state index in [1.807, 2.05) is 0 Å². The van der Waals surface area contributed by atoms with E-state index in [1.54, 1.807) is 7.11 Å². The molecule has 1 fully saturated rings. The van der Waals surface area contributed by atoms with E-state index in [0.717, 1.165) is 19.0 Å². The van der Waals surface area contributed by atoms with Gasteiger partial charge < -0.3 is 15.6 Å². The summed E-state index contributed by atoms with van der Waals surface area (Å²) in [6, 6.07) is -0.0513. The molecule has 3 atom stereocenters. The maximum atomic E-state index is 9.43. The lowest BCUT2D eigenvalue weighted by Crippen LogP contribution is -2.51. The molecular weight excluding hydrogens is 204 g/mol. The predicted molar refractivity (Wildman–Crippen MR) is 65.2 cm³/mol. The molecule has 3 N–H and O–H groups in total. The number of ether oxygens (including phenoxy) is 1. The van der Waals surface area contributed by atoms with Gasteiger partial charge in [0.05, 0.1) is 19.3 Å². The quantitative estimate of drug-likeness (QED) is 0.689. The monoisotopic (exact) mass is 230 g/mol. The Labute approximate surface area is 98.8 Å². The minimum absolute atomic E-state index is 0.0451. The van der Waals surface area contributed by atoms with E-state index >= 15 is 0 Å². The summed E-state index contributed by atoms with van der Waals surface area (Å²) in [7, 11) is 1.65. The number of methoxy groups -OCH3 is 1. The first kappa shape index (κ1) is 13.9. The Kier molecular flexibility index (Phi) is 5.69. The Hall–Kier alpha value is -0.160. The average molecular weight is 230 g/mol. The van der Waals surface area contributed by atoms with Crippen LogP contribution in [0.15, 0.2) is 0 Å². The molecule has 0 bridgehead atoms. The van der Waals surface area contributed by atoms with Crippen molar-refractivity contribution in [2.45, 2.75) is 32.4 Å². The van der Waals surface area contributed by atoms with E-state index < -0.39 is 0 Å². The van der Waals surface area contributed by atoms with Crippen molar-refractivity contribution in [2.24, 2.45) is 17.6 Å². The van der Waals surface area contributed by atoms with E-state index in [2.05, 4.69) is 18.7 Å². The molecule has 0 aromatic carbocycles. The molecule has 0 aliphatic carbocycles. The van der Waals surface area contributed by atoms with E-state index in [-0.39, 0.29) is 18.7 Å². The van der Waals surface area contributed by atoms with Crippen LogP contribution in [-0.4, -0.2) is 55.5 Å². The molecule has 0 aromatic rings. The third-order valence-electron chi connectivity index (χ3n) is 3.71. The number of aliphatic hydroxyl groups excluding tert-OH is 1. The molecule has 1 saturated heterocycles. The number of rotatable bonds is 6. The molecule has 4 nitrogen and oxygen atoms in total. The second-order valence-corrected chi connectivity index (χ2v) is 5.16. The van der Waals surface area contributed by atoms with E-state index in [0.29, 0.717) is 12.5 Å². The molecule has 0 aromatic heterocycles. The van der Waals surface area contributed by atoms with Crippen LogP contribution in [0.3, 0.4) is 0 Å². The summed E-state index contributed by atoms with van der Waals surface area (Å²) >= 11 is 0. The fourth-order valence-corrected chi connectivity index (χ4v) is 2.49. The lowest BCUT2D eigenvalue weighted by atomic mass is 9.95. The van der Waals surface area contributed by atoms with E-state index in [1.165, 1.54) is 6.42 Å². The Balaban J connectivity index is 2.49. The summed E-state index contributed by atoms with van der Waals surface area (Å²) in [6.07, 6.45) is 1.22. The van der Waals surface area contributed by atoms with Crippen LogP contribution in [-0.2, 0) is 4.74 Å². The van der Waals surface area contributed by atoms with Crippen LogP contribution in [0, 0.1) is 11.8 Å². The Bertz CT molecular complexity index is 199. The number of likely N-dealkylation sites (tertiary alicyclic amines) is 1. The van der Waals surface area contributed by atoms with Crippen molar-refractivity contribution in [1.29, 1.82) is 0 Å². The van der Waals surface area contributed by atoms with Gasteiger partial charge in [-0.1, -0.05) is 13.8 Å². The molecule has 0 radical (unpaired) electrons. The zero-order valence-electron chi connectivity index (χ0n) is 10.7. The summed E-state index contributed by atoms with van der Waals surface area (Å²) in [6.45, 7) is 7.25. The molecule has 3 unspecified atom stereocenters. The Morgan fingerprint density at radius 3 is 2.62 bits per heavy atom. The number of hydrogen-bond donors (Lipinski definition) is 2. The molecule has 0 amide bonds. The molecule has 1 aliphatic heterocycles. The molecule has 1 heterocycles. The lowest BCUT2D eigenvalue weighted by Gasteiger charge is -2.31. The second-order valence-electron chi connectivity index (χ2n) is 5.16. The molecule has 1 aliphatic rings. The fraction of sp³-hybridized carbons (Fsp3) is 1.00. The second kappa shape index (κ2) is 6.55. The first-order chi connectivity index (χ1) is 7.60. The van der Waals surface area contributed by atoms with Crippen molar-refractivity contribution in [3.63, 3.8) is 0 Å². The highest BCUT2D eigenvalue weighted by molar-refractivity contribution is 4.87. The minimum atomic E-state index is -0.0964. The van der Waals surface area contributed by atoms with Crippen molar-refractivity contribution in [1.82, 2.24) is 4.90 Å². The van der Waals surface area contributed by atoms with Gasteiger partial charge in [-0.15, -0.1) is 0 Å². The van der Waals surface area contributed by atoms with Gasteiger partial charge in [0.1, 0.15) is 0 Å². The maximum Gasteiger partial charge on any atom is 0.0629 e. The van der Waals surface area contributed by atoms with Gasteiger partial charge in [-0.2, -0.15) is 0 Å². The summed E-state index contributed by atoms with van der Waals surface area (Å²) in [5.74, 6) is 1.45. The van der Waals surface area contributed by atoms with Crippen molar-refractivity contribution in [3.8, 4) is 0 Å². The van der Waals surface area contributed by atoms with Crippen LogP contribution in [0.4, 0.5) is 0 Å². The third kappa shape index (κ3) is 3.42. The van der Waals surface area contributed by atoms with Crippen LogP contribution in [0.5, 0.6) is 0 Å². The smallest absolute Gasteiger partial charge is 0.0629 e. The standard InChI is InChI=1S/C12H26N2O2/c1-9(2)10-4-5-14(6-10)12(7-15)11(13)8-16-3/h9-12,15H,4-8,13H2,1-3H3. The summed E-state index contributed by atoms with van der Waals surface area (Å²) in [5, 5.41) is 9.43. The Morgan fingerprint density at radius 2 is 2.19 bits per heavy atom. The number of hydrogen-bond acceptors (Lipinski definition) is 4. The van der Waals surface area contributed by atoms with Crippen molar-refractivity contribution < 1.29 is 9.84 Å². The molecule has 0 spiro atoms. The van der Waals surface area contributed by atoms with Gasteiger partial charge in [-0.25, -0.2) is 0 Å². The third-order valence-corrected chi connectivity index (χ3v) is 3.71. The number of nitrogens with two attached hydrogens (primary N) is 1. The van der Waals surface area contributed by atoms with E-state index in [4.69, 9.17) is 10.5 Å².